The van der Waals surface area contributed by atoms with E-state index in [0.29, 0.717) is 6.07 Å². The molecule has 1 saturated heterocycles. The van der Waals surface area contributed by atoms with Crippen LogP contribution in [0.5, 0.6) is 0 Å². The lowest BCUT2D eigenvalue weighted by Crippen LogP contribution is -2.27. The minimum atomic E-state index is -0.941. The highest BCUT2D eigenvalue weighted by atomic mass is 35.5. The van der Waals surface area contributed by atoms with E-state index >= 15 is 0 Å². The summed E-state index contributed by atoms with van der Waals surface area (Å²) in [6, 6.07) is 1.55. The Balaban J connectivity index is 2.33. The number of methoxy groups -OCH3 is 1. The molecule has 7 heteroatoms. The van der Waals surface area contributed by atoms with Crippen molar-refractivity contribution in [1.82, 2.24) is 0 Å². The lowest BCUT2D eigenvalue weighted by molar-refractivity contribution is -0.145. The summed E-state index contributed by atoms with van der Waals surface area (Å²) < 4.78 is 31.2. The van der Waals surface area contributed by atoms with Crippen LogP contribution in [0.3, 0.4) is 0 Å². The largest absolute Gasteiger partial charge is 0.469 e. The first-order valence-corrected chi connectivity index (χ1v) is 5.84. The summed E-state index contributed by atoms with van der Waals surface area (Å²) in [6.07, 6.45) is -0.0835. The third kappa shape index (κ3) is 2.53. The number of ether oxygens (including phenoxy) is 1. The van der Waals surface area contributed by atoms with Crippen LogP contribution in [0.1, 0.15) is 6.42 Å². The van der Waals surface area contributed by atoms with Crippen LogP contribution < -0.4 is 4.90 Å². The van der Waals surface area contributed by atoms with E-state index in [1.54, 1.807) is 0 Å². The number of hydrogen-bond donors (Lipinski definition) is 0. The van der Waals surface area contributed by atoms with Crippen LogP contribution in [0.2, 0.25) is 5.02 Å². The van der Waals surface area contributed by atoms with Crippen LogP contribution in [0, 0.1) is 17.6 Å². The second-order valence-electron chi connectivity index (χ2n) is 4.15. The standard InChI is InChI=1S/C12H10ClF2NO3/c1-19-12(18)6-2-10(17)16(5-6)11-8(13)3-7(14)4-9(11)15/h3-4,6H,2,5H2,1H3. The average molecular weight is 290 g/mol. The molecule has 1 unspecified atom stereocenters. The second kappa shape index (κ2) is 5.13. The van der Waals surface area contributed by atoms with Gasteiger partial charge in [0.1, 0.15) is 5.82 Å². The monoisotopic (exact) mass is 289 g/mol. The summed E-state index contributed by atoms with van der Waals surface area (Å²) in [5.41, 5.74) is -0.209. The van der Waals surface area contributed by atoms with E-state index in [9.17, 15) is 18.4 Å². The molecule has 1 aromatic carbocycles. The van der Waals surface area contributed by atoms with Gasteiger partial charge in [-0.1, -0.05) is 11.6 Å². The molecule has 0 N–H and O–H groups in total. The molecule has 4 nitrogen and oxygen atoms in total. The first-order chi connectivity index (χ1) is 8.93. The number of anilines is 1. The van der Waals surface area contributed by atoms with Crippen LogP contribution in [-0.2, 0) is 14.3 Å². The first kappa shape index (κ1) is 13.7. The van der Waals surface area contributed by atoms with Gasteiger partial charge in [-0.3, -0.25) is 9.59 Å². The highest BCUT2D eigenvalue weighted by Crippen LogP contribution is 2.34. The minimum absolute atomic E-state index is 0.0339. The van der Waals surface area contributed by atoms with Crippen molar-refractivity contribution in [1.29, 1.82) is 0 Å². The topological polar surface area (TPSA) is 46.6 Å². The van der Waals surface area contributed by atoms with Gasteiger partial charge in [-0.05, 0) is 6.07 Å². The third-order valence-electron chi connectivity index (χ3n) is 2.91. The second-order valence-corrected chi connectivity index (χ2v) is 4.55. The Kier molecular flexibility index (Phi) is 3.71. The van der Waals surface area contributed by atoms with Gasteiger partial charge in [0.15, 0.2) is 5.82 Å². The van der Waals surface area contributed by atoms with Crippen molar-refractivity contribution in [2.75, 3.05) is 18.6 Å². The zero-order valence-electron chi connectivity index (χ0n) is 9.95. The van der Waals surface area contributed by atoms with Crippen molar-refractivity contribution in [3.05, 3.63) is 28.8 Å². The van der Waals surface area contributed by atoms with Crippen LogP contribution in [-0.4, -0.2) is 25.5 Å². The average Bonchev–Trinajstić information content (AvgIpc) is 2.69. The van der Waals surface area contributed by atoms with E-state index in [-0.39, 0.29) is 23.7 Å². The Bertz CT molecular complexity index is 527. The fraction of sp³-hybridized carbons (Fsp3) is 0.333. The van der Waals surface area contributed by atoms with Crippen molar-refractivity contribution >= 4 is 29.2 Å². The number of esters is 1. The van der Waals surface area contributed by atoms with Gasteiger partial charge in [-0.2, -0.15) is 0 Å². The van der Waals surface area contributed by atoms with E-state index in [1.807, 2.05) is 0 Å². The maximum Gasteiger partial charge on any atom is 0.311 e. The predicted octanol–water partition coefficient (Wildman–Crippen LogP) is 2.14. The van der Waals surface area contributed by atoms with E-state index < -0.39 is 29.4 Å². The third-order valence-corrected chi connectivity index (χ3v) is 3.20. The number of benzene rings is 1. The van der Waals surface area contributed by atoms with Gasteiger partial charge in [-0.25, -0.2) is 8.78 Å². The number of halogens is 3. The molecule has 2 rings (SSSR count). The van der Waals surface area contributed by atoms with Crippen molar-refractivity contribution < 1.29 is 23.1 Å². The summed E-state index contributed by atoms with van der Waals surface area (Å²) in [7, 11) is 1.21. The SMILES string of the molecule is COC(=O)C1CC(=O)N(c2c(F)cc(F)cc2Cl)C1. The number of carbonyl (C=O) groups excluding carboxylic acids is 2. The molecule has 1 heterocycles. The van der Waals surface area contributed by atoms with E-state index in [1.165, 1.54) is 7.11 Å². The number of amides is 1. The Labute approximate surface area is 112 Å². The summed E-state index contributed by atoms with van der Waals surface area (Å²) >= 11 is 5.75. The lowest BCUT2D eigenvalue weighted by Gasteiger charge is -2.18. The molecule has 1 aromatic rings. The van der Waals surface area contributed by atoms with E-state index in [4.69, 9.17) is 11.6 Å². The van der Waals surface area contributed by atoms with Gasteiger partial charge in [0, 0.05) is 19.0 Å². The van der Waals surface area contributed by atoms with Gasteiger partial charge < -0.3 is 9.64 Å². The Hall–Kier alpha value is -1.69. The fourth-order valence-corrected chi connectivity index (χ4v) is 2.34. The molecule has 102 valence electrons. The molecule has 1 aliphatic heterocycles. The quantitative estimate of drug-likeness (QED) is 0.784. The maximum absolute atomic E-state index is 13.7. The highest BCUT2D eigenvalue weighted by Gasteiger charge is 2.37. The number of hydrogen-bond acceptors (Lipinski definition) is 3. The first-order valence-electron chi connectivity index (χ1n) is 5.46. The molecule has 0 spiro atoms. The highest BCUT2D eigenvalue weighted by molar-refractivity contribution is 6.34. The van der Waals surface area contributed by atoms with Gasteiger partial charge in [0.25, 0.3) is 0 Å². The summed E-state index contributed by atoms with van der Waals surface area (Å²) in [6.45, 7) is -0.0339. The maximum atomic E-state index is 13.7. The number of rotatable bonds is 2. The molecule has 0 bridgehead atoms. The zero-order valence-corrected chi connectivity index (χ0v) is 10.7. The van der Waals surface area contributed by atoms with Crippen molar-refractivity contribution in [3.8, 4) is 0 Å². The molecule has 1 atom stereocenters. The van der Waals surface area contributed by atoms with Crippen molar-refractivity contribution in [2.45, 2.75) is 6.42 Å². The number of carbonyl (C=O) groups is 2. The van der Waals surface area contributed by atoms with E-state index in [2.05, 4.69) is 4.74 Å². The smallest absolute Gasteiger partial charge is 0.311 e. The summed E-state index contributed by atoms with van der Waals surface area (Å²) in [5.74, 6) is -3.44. The Morgan fingerprint density at radius 1 is 1.47 bits per heavy atom. The van der Waals surface area contributed by atoms with Crippen LogP contribution >= 0.6 is 11.6 Å². The predicted molar refractivity (Wildman–Crippen MR) is 63.8 cm³/mol. The molecule has 0 radical (unpaired) electrons. The molecule has 0 saturated carbocycles. The number of nitrogens with zero attached hydrogens (tertiary/aromatic N) is 1. The van der Waals surface area contributed by atoms with Crippen molar-refractivity contribution in [2.24, 2.45) is 5.92 Å². The molecule has 0 aliphatic carbocycles. The van der Waals surface area contributed by atoms with Crippen LogP contribution in [0.25, 0.3) is 0 Å². The van der Waals surface area contributed by atoms with Crippen molar-refractivity contribution in [3.63, 3.8) is 0 Å². The zero-order chi connectivity index (χ0) is 14.2. The van der Waals surface area contributed by atoms with Crippen LogP contribution in [0.4, 0.5) is 14.5 Å². The molecule has 1 amide bonds. The molecule has 19 heavy (non-hydrogen) atoms. The van der Waals surface area contributed by atoms with Gasteiger partial charge in [0.05, 0.1) is 23.7 Å². The van der Waals surface area contributed by atoms with E-state index in [0.717, 1.165) is 11.0 Å². The van der Waals surface area contributed by atoms with Gasteiger partial charge in [-0.15, -0.1) is 0 Å². The summed E-state index contributed by atoms with van der Waals surface area (Å²) in [5, 5.41) is -0.212. The molecular formula is C12H10ClF2NO3. The summed E-state index contributed by atoms with van der Waals surface area (Å²) in [4.78, 5) is 24.2. The molecular weight excluding hydrogens is 280 g/mol. The molecule has 1 fully saturated rings. The van der Waals surface area contributed by atoms with Gasteiger partial charge >= 0.3 is 5.97 Å². The normalized spacial score (nSPS) is 18.8. The van der Waals surface area contributed by atoms with Crippen LogP contribution in [0.15, 0.2) is 12.1 Å². The molecule has 1 aliphatic rings. The molecule has 0 aromatic heterocycles. The van der Waals surface area contributed by atoms with Gasteiger partial charge in [0.2, 0.25) is 5.91 Å². The lowest BCUT2D eigenvalue weighted by atomic mass is 10.1. The Morgan fingerprint density at radius 3 is 2.74 bits per heavy atom. The fourth-order valence-electron chi connectivity index (χ4n) is 2.04. The Morgan fingerprint density at radius 2 is 2.16 bits per heavy atom. The minimum Gasteiger partial charge on any atom is -0.469 e.